The minimum atomic E-state index is -0.0969. The second kappa shape index (κ2) is 9.05. The van der Waals surface area contributed by atoms with Gasteiger partial charge in [0.2, 0.25) is 11.8 Å². The summed E-state index contributed by atoms with van der Waals surface area (Å²) < 4.78 is 1.13. The summed E-state index contributed by atoms with van der Waals surface area (Å²) in [6.45, 7) is 0.774. The maximum Gasteiger partial charge on any atom is 0.222 e. The Kier molecular flexibility index (Phi) is 6.27. The molecule has 0 radical (unpaired) electrons. The molecule has 7 heteroatoms. The smallest absolute Gasteiger partial charge is 0.222 e. The molecule has 3 aromatic rings. The molecule has 2 amide bonds. The number of thiazole rings is 1. The number of hydrogen-bond donors (Lipinski definition) is 2. The Morgan fingerprint density at radius 2 is 1.85 bits per heavy atom. The van der Waals surface area contributed by atoms with Crippen molar-refractivity contribution in [2.45, 2.75) is 25.8 Å². The fourth-order valence-corrected chi connectivity index (χ4v) is 3.41. The minimum absolute atomic E-state index is 0.0654. The first-order valence-corrected chi connectivity index (χ1v) is 9.29. The van der Waals surface area contributed by atoms with Gasteiger partial charge in [0.25, 0.3) is 0 Å². The summed E-state index contributed by atoms with van der Waals surface area (Å²) in [6, 6.07) is 11.7. The molecular formula is C19H20N4O2S. The summed E-state index contributed by atoms with van der Waals surface area (Å²) in [5.41, 5.74) is 1.92. The summed E-state index contributed by atoms with van der Waals surface area (Å²) in [4.78, 5) is 32.2. The Hall–Kier alpha value is -2.80. The number of amides is 2. The Morgan fingerprint density at radius 3 is 2.65 bits per heavy atom. The molecule has 2 aromatic heterocycles. The van der Waals surface area contributed by atoms with Gasteiger partial charge in [0.05, 0.1) is 15.2 Å². The third-order valence-electron chi connectivity index (χ3n) is 3.79. The topological polar surface area (TPSA) is 84.0 Å². The first-order chi connectivity index (χ1) is 12.7. The van der Waals surface area contributed by atoms with E-state index in [-0.39, 0.29) is 18.2 Å². The Labute approximate surface area is 155 Å². The maximum atomic E-state index is 11.9. The van der Waals surface area contributed by atoms with E-state index in [2.05, 4.69) is 20.6 Å². The zero-order valence-electron chi connectivity index (χ0n) is 14.3. The number of carbonyl (C=O) groups is 2. The number of carbonyl (C=O) groups excluding carboxylic acids is 2. The Bertz CT molecular complexity index is 846. The second-order valence-electron chi connectivity index (χ2n) is 5.81. The summed E-state index contributed by atoms with van der Waals surface area (Å²) in [5.74, 6) is -0.162. The predicted molar refractivity (Wildman–Crippen MR) is 102 cm³/mol. The molecule has 2 heterocycles. The molecule has 6 nitrogen and oxygen atoms in total. The van der Waals surface area contributed by atoms with Crippen molar-refractivity contribution in [1.82, 2.24) is 20.6 Å². The fourth-order valence-electron chi connectivity index (χ4n) is 2.44. The summed E-state index contributed by atoms with van der Waals surface area (Å²) >= 11 is 1.61. The lowest BCUT2D eigenvalue weighted by Gasteiger charge is -2.06. The molecule has 0 aliphatic rings. The van der Waals surface area contributed by atoms with Crippen LogP contribution in [0, 0.1) is 0 Å². The molecule has 0 aliphatic heterocycles. The van der Waals surface area contributed by atoms with Crippen LogP contribution in [0.15, 0.2) is 48.8 Å². The van der Waals surface area contributed by atoms with Gasteiger partial charge in [0.1, 0.15) is 0 Å². The third kappa shape index (κ3) is 5.35. The molecular weight excluding hydrogens is 348 g/mol. The summed E-state index contributed by atoms with van der Waals surface area (Å²) in [5, 5.41) is 6.54. The van der Waals surface area contributed by atoms with E-state index in [0.29, 0.717) is 25.9 Å². The van der Waals surface area contributed by atoms with Gasteiger partial charge >= 0.3 is 0 Å². The highest BCUT2D eigenvalue weighted by Crippen LogP contribution is 2.22. The highest BCUT2D eigenvalue weighted by molar-refractivity contribution is 7.18. The van der Waals surface area contributed by atoms with Crippen LogP contribution < -0.4 is 10.6 Å². The number of aromatic nitrogens is 2. The summed E-state index contributed by atoms with van der Waals surface area (Å²) in [7, 11) is 0. The van der Waals surface area contributed by atoms with E-state index in [0.717, 1.165) is 20.8 Å². The van der Waals surface area contributed by atoms with Crippen molar-refractivity contribution < 1.29 is 9.59 Å². The number of rotatable bonds is 8. The highest BCUT2D eigenvalue weighted by atomic mass is 32.1. The van der Waals surface area contributed by atoms with Gasteiger partial charge < -0.3 is 10.6 Å². The zero-order chi connectivity index (χ0) is 18.2. The molecule has 0 saturated carbocycles. The maximum absolute atomic E-state index is 11.9. The SMILES string of the molecule is O=C(CCc1nc2ccccc2s1)NCCC(=O)NCc1cccnc1. The average molecular weight is 368 g/mol. The van der Waals surface area contributed by atoms with Gasteiger partial charge in [0.15, 0.2) is 0 Å². The normalized spacial score (nSPS) is 10.6. The van der Waals surface area contributed by atoms with Crippen molar-refractivity contribution in [2.24, 2.45) is 0 Å². The minimum Gasteiger partial charge on any atom is -0.356 e. The molecule has 1 aromatic carbocycles. The first-order valence-electron chi connectivity index (χ1n) is 8.47. The number of fused-ring (bicyclic) bond motifs is 1. The van der Waals surface area contributed by atoms with E-state index < -0.39 is 0 Å². The first kappa shape index (κ1) is 18.0. The number of nitrogens with one attached hydrogen (secondary N) is 2. The third-order valence-corrected chi connectivity index (χ3v) is 4.89. The van der Waals surface area contributed by atoms with Crippen LogP contribution in [0.25, 0.3) is 10.2 Å². The van der Waals surface area contributed by atoms with Crippen LogP contribution >= 0.6 is 11.3 Å². The number of benzene rings is 1. The molecule has 26 heavy (non-hydrogen) atoms. The van der Waals surface area contributed by atoms with Crippen LogP contribution in [-0.2, 0) is 22.6 Å². The van der Waals surface area contributed by atoms with Gasteiger partial charge in [-0.2, -0.15) is 0 Å². The molecule has 134 valence electrons. The number of nitrogens with zero attached hydrogens (tertiary/aromatic N) is 2. The highest BCUT2D eigenvalue weighted by Gasteiger charge is 2.08. The summed E-state index contributed by atoms with van der Waals surface area (Å²) in [6.07, 6.45) is 4.64. The molecule has 0 fully saturated rings. The van der Waals surface area contributed by atoms with E-state index >= 15 is 0 Å². The van der Waals surface area contributed by atoms with Crippen molar-refractivity contribution >= 4 is 33.4 Å². The number of pyridine rings is 1. The molecule has 0 atom stereocenters. The molecule has 0 bridgehead atoms. The molecule has 0 unspecified atom stereocenters. The molecule has 0 saturated heterocycles. The van der Waals surface area contributed by atoms with Gasteiger partial charge in [0, 0.05) is 44.7 Å². The fraction of sp³-hybridized carbons (Fsp3) is 0.263. The van der Waals surface area contributed by atoms with E-state index in [9.17, 15) is 9.59 Å². The molecule has 2 N–H and O–H groups in total. The van der Waals surface area contributed by atoms with E-state index in [1.54, 1.807) is 23.7 Å². The van der Waals surface area contributed by atoms with Gasteiger partial charge in [-0.25, -0.2) is 4.98 Å². The Balaban J connectivity index is 1.33. The van der Waals surface area contributed by atoms with Crippen LogP contribution in [0.4, 0.5) is 0 Å². The van der Waals surface area contributed by atoms with Crippen molar-refractivity contribution in [1.29, 1.82) is 0 Å². The quantitative estimate of drug-likeness (QED) is 0.640. The predicted octanol–water partition coefficient (Wildman–Crippen LogP) is 2.45. The van der Waals surface area contributed by atoms with Crippen molar-refractivity contribution in [3.8, 4) is 0 Å². The van der Waals surface area contributed by atoms with Crippen LogP contribution in [0.5, 0.6) is 0 Å². The van der Waals surface area contributed by atoms with Crippen molar-refractivity contribution in [3.05, 3.63) is 59.4 Å². The van der Waals surface area contributed by atoms with Crippen LogP contribution in [0.2, 0.25) is 0 Å². The van der Waals surface area contributed by atoms with Gasteiger partial charge in [-0.05, 0) is 23.8 Å². The second-order valence-corrected chi connectivity index (χ2v) is 6.93. The average Bonchev–Trinajstić information content (AvgIpc) is 3.08. The molecule has 3 rings (SSSR count). The van der Waals surface area contributed by atoms with Crippen molar-refractivity contribution in [3.63, 3.8) is 0 Å². The molecule has 0 spiro atoms. The van der Waals surface area contributed by atoms with E-state index in [1.807, 2.05) is 36.4 Å². The van der Waals surface area contributed by atoms with E-state index in [1.165, 1.54) is 0 Å². The van der Waals surface area contributed by atoms with Gasteiger partial charge in [-0.15, -0.1) is 11.3 Å². The van der Waals surface area contributed by atoms with Crippen LogP contribution in [0.1, 0.15) is 23.4 Å². The largest absolute Gasteiger partial charge is 0.356 e. The monoisotopic (exact) mass is 368 g/mol. The lowest BCUT2D eigenvalue weighted by atomic mass is 10.2. The van der Waals surface area contributed by atoms with Crippen molar-refractivity contribution in [2.75, 3.05) is 6.54 Å². The number of aryl methyl sites for hydroxylation is 1. The van der Waals surface area contributed by atoms with Gasteiger partial charge in [-0.1, -0.05) is 18.2 Å². The standard InChI is InChI=1S/C19H20N4O2S/c24-17(7-8-19-23-15-5-1-2-6-16(15)26-19)21-11-9-18(25)22-13-14-4-3-10-20-12-14/h1-6,10,12H,7-9,11,13H2,(H,21,24)(H,22,25). The van der Waals surface area contributed by atoms with Crippen LogP contribution in [-0.4, -0.2) is 28.3 Å². The Morgan fingerprint density at radius 1 is 1.00 bits per heavy atom. The van der Waals surface area contributed by atoms with E-state index in [4.69, 9.17) is 0 Å². The van der Waals surface area contributed by atoms with Crippen LogP contribution in [0.3, 0.4) is 0 Å². The number of para-hydroxylation sites is 1. The lowest BCUT2D eigenvalue weighted by molar-refractivity contribution is -0.122. The lowest BCUT2D eigenvalue weighted by Crippen LogP contribution is -2.30. The zero-order valence-corrected chi connectivity index (χ0v) is 15.1. The van der Waals surface area contributed by atoms with Gasteiger partial charge in [-0.3, -0.25) is 14.6 Å². The number of hydrogen-bond acceptors (Lipinski definition) is 5. The molecule has 0 aliphatic carbocycles.